The lowest BCUT2D eigenvalue weighted by atomic mass is 9.89. The Bertz CT molecular complexity index is 495. The van der Waals surface area contributed by atoms with Gasteiger partial charge < -0.3 is 10.2 Å². The average Bonchev–Trinajstić information content (AvgIpc) is 2.45. The number of carbonyl (C=O) groups is 1. The maximum absolute atomic E-state index is 12.9. The minimum absolute atomic E-state index is 0.0370. The Morgan fingerprint density at radius 1 is 1.25 bits per heavy atom. The van der Waals surface area contributed by atoms with Crippen LogP contribution in [0.3, 0.4) is 0 Å². The second kappa shape index (κ2) is 5.68. The number of benzene rings is 1. The smallest absolute Gasteiger partial charge is 0.230 e. The molecule has 0 saturated carbocycles. The number of para-hydroxylation sites is 1. The van der Waals surface area contributed by atoms with E-state index in [-0.39, 0.29) is 5.92 Å². The molecule has 3 unspecified atom stereocenters. The summed E-state index contributed by atoms with van der Waals surface area (Å²) in [6, 6.07) is 8.23. The van der Waals surface area contributed by atoms with Gasteiger partial charge in [0, 0.05) is 35.8 Å². The fraction of sp³-hybridized carbons (Fsp3) is 0.562. The van der Waals surface area contributed by atoms with E-state index >= 15 is 0 Å². The van der Waals surface area contributed by atoms with Crippen LogP contribution in [0.2, 0.25) is 0 Å². The Balaban J connectivity index is 1.81. The van der Waals surface area contributed by atoms with Crippen LogP contribution in [-0.2, 0) is 4.79 Å². The van der Waals surface area contributed by atoms with Gasteiger partial charge in [0.25, 0.3) is 0 Å². The van der Waals surface area contributed by atoms with Crippen LogP contribution >= 0.6 is 11.8 Å². The summed E-state index contributed by atoms with van der Waals surface area (Å²) in [6.45, 7) is 7.11. The van der Waals surface area contributed by atoms with E-state index < -0.39 is 0 Å². The molecule has 0 spiro atoms. The Labute approximate surface area is 125 Å². The maximum atomic E-state index is 12.9. The van der Waals surface area contributed by atoms with E-state index in [0.29, 0.717) is 16.4 Å². The second-order valence-electron chi connectivity index (χ2n) is 5.86. The number of anilines is 1. The van der Waals surface area contributed by atoms with Crippen molar-refractivity contribution in [2.45, 2.75) is 36.7 Å². The van der Waals surface area contributed by atoms with Crippen LogP contribution in [0.1, 0.15) is 31.7 Å². The van der Waals surface area contributed by atoms with Crippen LogP contribution in [0.5, 0.6) is 0 Å². The zero-order chi connectivity index (χ0) is 14.1. The van der Waals surface area contributed by atoms with E-state index in [4.69, 9.17) is 0 Å². The van der Waals surface area contributed by atoms with E-state index in [1.807, 2.05) is 23.9 Å². The fourth-order valence-electron chi connectivity index (χ4n) is 3.30. The molecule has 1 N–H and O–H groups in total. The molecule has 2 aliphatic heterocycles. The number of rotatable bonds is 1. The molecule has 2 heterocycles. The van der Waals surface area contributed by atoms with E-state index in [2.05, 4.69) is 36.2 Å². The van der Waals surface area contributed by atoms with Crippen LogP contribution in [0.15, 0.2) is 24.3 Å². The van der Waals surface area contributed by atoms with Gasteiger partial charge in [0.05, 0.1) is 5.92 Å². The van der Waals surface area contributed by atoms with Gasteiger partial charge in [-0.3, -0.25) is 4.79 Å². The van der Waals surface area contributed by atoms with Gasteiger partial charge in [-0.1, -0.05) is 32.0 Å². The standard InChI is InChI=1S/C16H22N2OS/c1-11-9-18(10-12(2)20-11)16(19)14-7-8-17-15-6-4-3-5-13(14)15/h3-6,11-12,14,17H,7-10H2,1-2H3. The molecule has 3 atom stereocenters. The molecule has 1 aromatic carbocycles. The number of nitrogens with one attached hydrogen (secondary N) is 1. The van der Waals surface area contributed by atoms with E-state index in [0.717, 1.165) is 31.7 Å². The van der Waals surface area contributed by atoms with Gasteiger partial charge in [0.1, 0.15) is 0 Å². The number of nitrogens with zero attached hydrogens (tertiary/aromatic N) is 1. The number of amides is 1. The van der Waals surface area contributed by atoms with E-state index in [1.54, 1.807) is 0 Å². The van der Waals surface area contributed by atoms with Crippen LogP contribution in [0, 0.1) is 0 Å². The summed E-state index contributed by atoms with van der Waals surface area (Å²) in [7, 11) is 0. The lowest BCUT2D eigenvalue weighted by Gasteiger charge is -2.38. The Morgan fingerprint density at radius 2 is 1.95 bits per heavy atom. The molecule has 0 aromatic heterocycles. The zero-order valence-electron chi connectivity index (χ0n) is 12.1. The van der Waals surface area contributed by atoms with Gasteiger partial charge >= 0.3 is 0 Å². The highest BCUT2D eigenvalue weighted by Gasteiger charge is 2.33. The molecule has 3 nitrogen and oxygen atoms in total. The van der Waals surface area contributed by atoms with Crippen LogP contribution in [0.25, 0.3) is 0 Å². The van der Waals surface area contributed by atoms with E-state index in [1.165, 1.54) is 5.56 Å². The topological polar surface area (TPSA) is 32.3 Å². The highest BCUT2D eigenvalue weighted by molar-refractivity contribution is 8.00. The van der Waals surface area contributed by atoms with Crippen molar-refractivity contribution < 1.29 is 4.79 Å². The van der Waals surface area contributed by atoms with Gasteiger partial charge in [-0.05, 0) is 18.1 Å². The molecule has 1 saturated heterocycles. The van der Waals surface area contributed by atoms with Crippen molar-refractivity contribution in [3.8, 4) is 0 Å². The Morgan fingerprint density at radius 3 is 2.70 bits per heavy atom. The molecule has 1 amide bonds. The summed E-state index contributed by atoms with van der Waals surface area (Å²) in [5.74, 6) is 0.355. The van der Waals surface area contributed by atoms with Crippen molar-refractivity contribution in [1.82, 2.24) is 4.90 Å². The van der Waals surface area contributed by atoms with Crippen molar-refractivity contribution in [3.63, 3.8) is 0 Å². The number of fused-ring (bicyclic) bond motifs is 1. The molecule has 3 rings (SSSR count). The first-order chi connectivity index (χ1) is 9.65. The van der Waals surface area contributed by atoms with Crippen molar-refractivity contribution in [2.75, 3.05) is 25.0 Å². The first-order valence-corrected chi connectivity index (χ1v) is 8.36. The van der Waals surface area contributed by atoms with E-state index in [9.17, 15) is 4.79 Å². The SMILES string of the molecule is CC1CN(C(=O)C2CCNc3ccccc32)CC(C)S1. The monoisotopic (exact) mass is 290 g/mol. The summed E-state index contributed by atoms with van der Waals surface area (Å²) < 4.78 is 0. The van der Waals surface area contributed by atoms with Gasteiger partial charge in [-0.15, -0.1) is 0 Å². The molecule has 0 radical (unpaired) electrons. The first-order valence-electron chi connectivity index (χ1n) is 7.42. The van der Waals surface area contributed by atoms with Gasteiger partial charge in [0.15, 0.2) is 0 Å². The summed E-state index contributed by atoms with van der Waals surface area (Å²) in [6.07, 6.45) is 0.905. The highest BCUT2D eigenvalue weighted by Crippen LogP contribution is 2.34. The van der Waals surface area contributed by atoms with Crippen LogP contribution in [0.4, 0.5) is 5.69 Å². The molecule has 1 fully saturated rings. The normalized spacial score (nSPS) is 29.5. The largest absolute Gasteiger partial charge is 0.385 e. The number of thioether (sulfide) groups is 1. The quantitative estimate of drug-likeness (QED) is 0.863. The maximum Gasteiger partial charge on any atom is 0.230 e. The minimum atomic E-state index is 0.0370. The Hall–Kier alpha value is -1.16. The summed E-state index contributed by atoms with van der Waals surface area (Å²) >= 11 is 1.99. The molecule has 2 aliphatic rings. The van der Waals surface area contributed by atoms with Gasteiger partial charge in [-0.25, -0.2) is 0 Å². The number of carbonyl (C=O) groups excluding carboxylic acids is 1. The zero-order valence-corrected chi connectivity index (χ0v) is 13.0. The molecular weight excluding hydrogens is 268 g/mol. The third-order valence-electron chi connectivity index (χ3n) is 4.11. The third-order valence-corrected chi connectivity index (χ3v) is 5.34. The summed E-state index contributed by atoms with van der Waals surface area (Å²) in [5.41, 5.74) is 2.30. The second-order valence-corrected chi connectivity index (χ2v) is 7.74. The molecule has 0 aliphatic carbocycles. The van der Waals surface area contributed by atoms with Crippen LogP contribution in [-0.4, -0.2) is 40.9 Å². The lowest BCUT2D eigenvalue weighted by molar-refractivity contribution is -0.133. The fourth-order valence-corrected chi connectivity index (χ4v) is 4.63. The molecule has 1 aromatic rings. The predicted molar refractivity (Wildman–Crippen MR) is 85.4 cm³/mol. The first kappa shape index (κ1) is 13.8. The third kappa shape index (κ3) is 2.66. The van der Waals surface area contributed by atoms with Gasteiger partial charge in [-0.2, -0.15) is 11.8 Å². The average molecular weight is 290 g/mol. The summed E-state index contributed by atoms with van der Waals surface area (Å²) in [5, 5.41) is 4.48. The Kier molecular flexibility index (Phi) is 3.92. The molecule has 20 heavy (non-hydrogen) atoms. The number of hydrogen-bond acceptors (Lipinski definition) is 3. The van der Waals surface area contributed by atoms with Crippen molar-refractivity contribution in [1.29, 1.82) is 0 Å². The number of hydrogen-bond donors (Lipinski definition) is 1. The van der Waals surface area contributed by atoms with Gasteiger partial charge in [0.2, 0.25) is 5.91 Å². The molecule has 0 bridgehead atoms. The van der Waals surface area contributed by atoms with Crippen molar-refractivity contribution in [2.24, 2.45) is 0 Å². The summed E-state index contributed by atoms with van der Waals surface area (Å²) in [4.78, 5) is 15.0. The molecule has 4 heteroatoms. The minimum Gasteiger partial charge on any atom is -0.385 e. The van der Waals surface area contributed by atoms with Crippen LogP contribution < -0.4 is 5.32 Å². The highest BCUT2D eigenvalue weighted by atomic mass is 32.2. The van der Waals surface area contributed by atoms with Crippen molar-refractivity contribution >= 4 is 23.4 Å². The predicted octanol–water partition coefficient (Wildman–Crippen LogP) is 2.94. The lowest BCUT2D eigenvalue weighted by Crippen LogP contribution is -2.46. The van der Waals surface area contributed by atoms with Crippen molar-refractivity contribution in [3.05, 3.63) is 29.8 Å². The molecular formula is C16H22N2OS. The molecule has 108 valence electrons.